The van der Waals surface area contributed by atoms with Crippen molar-refractivity contribution >= 4 is 16.9 Å². The van der Waals surface area contributed by atoms with Crippen molar-refractivity contribution < 1.29 is 13.9 Å². The van der Waals surface area contributed by atoms with Gasteiger partial charge in [-0.3, -0.25) is 9.47 Å². The fourth-order valence-electron chi connectivity index (χ4n) is 2.41. The number of fused-ring (bicyclic) bond motifs is 1. The quantitative estimate of drug-likeness (QED) is 0.590. The summed E-state index contributed by atoms with van der Waals surface area (Å²) in [5.74, 6) is 4.50. The summed E-state index contributed by atoms with van der Waals surface area (Å²) in [6.45, 7) is 1.75. The summed E-state index contributed by atoms with van der Waals surface area (Å²) in [7, 11) is 0. The molecule has 0 spiro atoms. The molecular formula is C16H14FN3O3. The van der Waals surface area contributed by atoms with Gasteiger partial charge in [-0.25, -0.2) is 9.18 Å². The molecule has 0 radical (unpaired) electrons. The van der Waals surface area contributed by atoms with E-state index in [0.29, 0.717) is 5.52 Å². The average Bonchev–Trinajstić information content (AvgIpc) is 3.04. The fraction of sp³-hybridized carbons (Fsp3) is 0.125. The molecule has 6 nitrogen and oxygen atoms in total. The minimum Gasteiger partial charge on any atom is -0.462 e. The van der Waals surface area contributed by atoms with Crippen LogP contribution in [0.15, 0.2) is 47.7 Å². The Morgan fingerprint density at radius 3 is 2.65 bits per heavy atom. The van der Waals surface area contributed by atoms with E-state index in [2.05, 4.69) is 0 Å². The SMILES string of the molecule is CCOC(=O)c1cn(N)c2cc(-n3cccc3)c(F)cc2c1=O. The summed E-state index contributed by atoms with van der Waals surface area (Å²) >= 11 is 0. The highest BCUT2D eigenvalue weighted by atomic mass is 19.1. The summed E-state index contributed by atoms with van der Waals surface area (Å²) in [6, 6.07) is 6.05. The Morgan fingerprint density at radius 2 is 2.00 bits per heavy atom. The molecular weight excluding hydrogens is 301 g/mol. The van der Waals surface area contributed by atoms with Crippen LogP contribution < -0.4 is 11.3 Å². The second kappa shape index (κ2) is 5.60. The van der Waals surface area contributed by atoms with Crippen LogP contribution in [0.2, 0.25) is 0 Å². The van der Waals surface area contributed by atoms with E-state index in [1.807, 2.05) is 0 Å². The van der Waals surface area contributed by atoms with Gasteiger partial charge < -0.3 is 15.1 Å². The van der Waals surface area contributed by atoms with Gasteiger partial charge in [0.15, 0.2) is 0 Å². The molecule has 0 aliphatic rings. The molecule has 0 aliphatic carbocycles. The number of halogens is 1. The molecule has 23 heavy (non-hydrogen) atoms. The van der Waals surface area contributed by atoms with Crippen molar-refractivity contribution in [2.45, 2.75) is 6.92 Å². The minimum absolute atomic E-state index is 0.0199. The Labute approximate surface area is 130 Å². The van der Waals surface area contributed by atoms with Gasteiger partial charge >= 0.3 is 5.97 Å². The van der Waals surface area contributed by atoms with Crippen molar-refractivity contribution in [2.24, 2.45) is 0 Å². The number of pyridine rings is 1. The molecule has 7 heteroatoms. The third-order valence-electron chi connectivity index (χ3n) is 3.48. The maximum absolute atomic E-state index is 14.3. The molecule has 2 aromatic heterocycles. The van der Waals surface area contributed by atoms with E-state index < -0.39 is 17.2 Å². The normalized spacial score (nSPS) is 10.9. The first-order chi connectivity index (χ1) is 11.0. The first-order valence-electron chi connectivity index (χ1n) is 6.97. The van der Waals surface area contributed by atoms with E-state index >= 15 is 0 Å². The van der Waals surface area contributed by atoms with E-state index in [9.17, 15) is 14.0 Å². The first kappa shape index (κ1) is 14.8. The van der Waals surface area contributed by atoms with Crippen molar-refractivity contribution in [3.05, 3.63) is 64.5 Å². The van der Waals surface area contributed by atoms with Gasteiger partial charge in [0.25, 0.3) is 0 Å². The van der Waals surface area contributed by atoms with Gasteiger partial charge in [0.2, 0.25) is 5.43 Å². The second-order valence-electron chi connectivity index (χ2n) is 4.91. The van der Waals surface area contributed by atoms with Crippen LogP contribution in [0.3, 0.4) is 0 Å². The predicted molar refractivity (Wildman–Crippen MR) is 83.6 cm³/mol. The summed E-state index contributed by atoms with van der Waals surface area (Å²) < 4.78 is 21.9. The molecule has 0 saturated heterocycles. The number of nitrogen functional groups attached to an aromatic ring is 1. The molecule has 0 unspecified atom stereocenters. The molecule has 3 aromatic rings. The predicted octanol–water partition coefficient (Wildman–Crippen LogP) is 1.82. The van der Waals surface area contributed by atoms with Gasteiger partial charge in [-0.05, 0) is 31.2 Å². The van der Waals surface area contributed by atoms with E-state index in [-0.39, 0.29) is 23.2 Å². The number of esters is 1. The smallest absolute Gasteiger partial charge is 0.343 e. The number of carbonyl (C=O) groups excluding carboxylic acids is 1. The molecule has 2 N–H and O–H groups in total. The van der Waals surface area contributed by atoms with Crippen LogP contribution in [0.5, 0.6) is 0 Å². The van der Waals surface area contributed by atoms with Crippen LogP contribution >= 0.6 is 0 Å². The lowest BCUT2D eigenvalue weighted by Gasteiger charge is -2.11. The van der Waals surface area contributed by atoms with Gasteiger partial charge in [0, 0.05) is 18.6 Å². The van der Waals surface area contributed by atoms with Gasteiger partial charge in [0.1, 0.15) is 11.4 Å². The zero-order chi connectivity index (χ0) is 16.6. The van der Waals surface area contributed by atoms with Crippen molar-refractivity contribution in [3.63, 3.8) is 0 Å². The Morgan fingerprint density at radius 1 is 1.30 bits per heavy atom. The van der Waals surface area contributed by atoms with E-state index in [1.165, 1.54) is 12.3 Å². The third kappa shape index (κ3) is 2.46. The average molecular weight is 315 g/mol. The standard InChI is InChI=1S/C16H14FN3O3/c1-2-23-16(22)11-9-20(18)13-8-14(19-5-3-4-6-19)12(17)7-10(13)15(11)21/h3-9H,2,18H2,1H3. The van der Waals surface area contributed by atoms with Gasteiger partial charge in [0.05, 0.1) is 23.2 Å². The Balaban J connectivity index is 2.27. The van der Waals surface area contributed by atoms with E-state index in [1.54, 1.807) is 36.0 Å². The third-order valence-corrected chi connectivity index (χ3v) is 3.48. The number of benzene rings is 1. The van der Waals surface area contributed by atoms with Crippen LogP contribution in [0.4, 0.5) is 4.39 Å². The molecule has 0 fully saturated rings. The number of nitrogens with zero attached hydrogens (tertiary/aromatic N) is 2. The summed E-state index contributed by atoms with van der Waals surface area (Å²) in [4.78, 5) is 24.2. The Hall–Kier alpha value is -3.09. The van der Waals surface area contributed by atoms with Crippen molar-refractivity contribution in [1.29, 1.82) is 0 Å². The monoisotopic (exact) mass is 315 g/mol. The minimum atomic E-state index is -0.784. The number of hydrogen-bond acceptors (Lipinski definition) is 4. The molecule has 0 atom stereocenters. The zero-order valence-electron chi connectivity index (χ0n) is 12.3. The lowest BCUT2D eigenvalue weighted by Crippen LogP contribution is -2.24. The highest BCUT2D eigenvalue weighted by molar-refractivity contribution is 5.94. The number of ether oxygens (including phenoxy) is 1. The second-order valence-corrected chi connectivity index (χ2v) is 4.91. The number of aromatic nitrogens is 2. The topological polar surface area (TPSA) is 79.2 Å². The Bertz CT molecular complexity index is 945. The maximum Gasteiger partial charge on any atom is 0.343 e. The van der Waals surface area contributed by atoms with E-state index in [0.717, 1.165) is 10.7 Å². The summed E-state index contributed by atoms with van der Waals surface area (Å²) in [5.41, 5.74) is -0.272. The largest absolute Gasteiger partial charge is 0.462 e. The summed E-state index contributed by atoms with van der Waals surface area (Å²) in [5, 5.41) is 0.0199. The molecule has 0 saturated carbocycles. The van der Waals surface area contributed by atoms with Crippen molar-refractivity contribution in [3.8, 4) is 5.69 Å². The van der Waals surface area contributed by atoms with Crippen LogP contribution in [0.1, 0.15) is 17.3 Å². The van der Waals surface area contributed by atoms with Gasteiger partial charge in [-0.1, -0.05) is 0 Å². The molecule has 118 valence electrons. The number of rotatable bonds is 3. The number of carbonyl (C=O) groups is 1. The molecule has 3 rings (SSSR count). The summed E-state index contributed by atoms with van der Waals surface area (Å²) in [6.07, 6.45) is 4.55. The lowest BCUT2D eigenvalue weighted by atomic mass is 10.1. The highest BCUT2D eigenvalue weighted by Crippen LogP contribution is 2.20. The molecule has 2 heterocycles. The molecule has 0 aliphatic heterocycles. The van der Waals surface area contributed by atoms with Crippen LogP contribution in [-0.2, 0) is 4.74 Å². The van der Waals surface area contributed by atoms with Crippen molar-refractivity contribution in [2.75, 3.05) is 12.4 Å². The van der Waals surface area contributed by atoms with E-state index in [4.69, 9.17) is 10.6 Å². The van der Waals surface area contributed by atoms with Crippen LogP contribution in [0, 0.1) is 5.82 Å². The zero-order valence-corrected chi connectivity index (χ0v) is 12.3. The fourth-order valence-corrected chi connectivity index (χ4v) is 2.41. The van der Waals surface area contributed by atoms with Gasteiger partial charge in [-0.2, -0.15) is 0 Å². The Kier molecular flexibility index (Phi) is 3.61. The first-order valence-corrected chi connectivity index (χ1v) is 6.97. The molecule has 0 bridgehead atoms. The molecule has 0 amide bonds. The molecule has 1 aromatic carbocycles. The number of hydrogen-bond donors (Lipinski definition) is 1. The van der Waals surface area contributed by atoms with Crippen LogP contribution in [-0.4, -0.2) is 21.8 Å². The van der Waals surface area contributed by atoms with Crippen LogP contribution in [0.25, 0.3) is 16.6 Å². The highest BCUT2D eigenvalue weighted by Gasteiger charge is 2.18. The van der Waals surface area contributed by atoms with Crippen molar-refractivity contribution in [1.82, 2.24) is 9.24 Å². The maximum atomic E-state index is 14.3. The lowest BCUT2D eigenvalue weighted by molar-refractivity contribution is 0.0524. The number of nitrogens with two attached hydrogens (primary N) is 1. The van der Waals surface area contributed by atoms with Gasteiger partial charge in [-0.15, -0.1) is 0 Å².